The van der Waals surface area contributed by atoms with E-state index >= 15 is 0 Å². The number of hydrogen-bond donors (Lipinski definition) is 0. The zero-order chi connectivity index (χ0) is 16.5. The molecule has 1 atom stereocenters. The van der Waals surface area contributed by atoms with Gasteiger partial charge in [0.15, 0.2) is 11.4 Å². The van der Waals surface area contributed by atoms with Crippen LogP contribution in [0, 0.1) is 12.8 Å². The van der Waals surface area contributed by atoms with Crippen LogP contribution >= 0.6 is 0 Å². The third kappa shape index (κ3) is 2.97. The lowest BCUT2D eigenvalue weighted by Gasteiger charge is -2.17. The molecule has 118 valence electrons. The highest BCUT2D eigenvalue weighted by Gasteiger charge is 2.55. The number of allylic oxidation sites excluding steroid dienone is 1. The molecule has 1 saturated heterocycles. The Balaban J connectivity index is 2.43. The molecule has 22 heavy (non-hydrogen) atoms. The molecule has 0 spiro atoms. The standard InChI is InChI=1S/C18H22O4/c1-6-13(5)16(19)18(10-21-18)14-8-7-12(4)9-15(14)22-17(20)11(2)3/h6-9,11H,10H2,1-5H3. The number of benzene rings is 1. The molecule has 1 heterocycles. The number of ketones is 1. The van der Waals surface area contributed by atoms with E-state index in [-0.39, 0.29) is 17.7 Å². The fourth-order valence-electron chi connectivity index (χ4n) is 2.20. The summed E-state index contributed by atoms with van der Waals surface area (Å²) in [4.78, 5) is 24.5. The summed E-state index contributed by atoms with van der Waals surface area (Å²) in [5, 5.41) is 0. The molecule has 1 unspecified atom stereocenters. The SMILES string of the molecule is CC=C(C)C(=O)C1(c2ccc(C)cc2OC(=O)C(C)C)CO1. The number of carbonyl (C=O) groups is 2. The van der Waals surface area contributed by atoms with Crippen molar-refractivity contribution in [1.29, 1.82) is 0 Å². The minimum absolute atomic E-state index is 0.0827. The second kappa shape index (κ2) is 6.05. The highest BCUT2D eigenvalue weighted by Crippen LogP contribution is 2.46. The first-order valence-corrected chi connectivity index (χ1v) is 7.46. The van der Waals surface area contributed by atoms with Crippen molar-refractivity contribution in [1.82, 2.24) is 0 Å². The van der Waals surface area contributed by atoms with Crippen LogP contribution < -0.4 is 4.74 Å². The van der Waals surface area contributed by atoms with Crippen LogP contribution in [0.25, 0.3) is 0 Å². The predicted octanol–water partition coefficient (Wildman–Crippen LogP) is 3.32. The van der Waals surface area contributed by atoms with Gasteiger partial charge in [-0.2, -0.15) is 0 Å². The molecule has 1 aliphatic rings. The van der Waals surface area contributed by atoms with Crippen molar-refractivity contribution >= 4 is 11.8 Å². The fraction of sp³-hybridized carbons (Fsp3) is 0.444. The summed E-state index contributed by atoms with van der Waals surface area (Å²) in [6.07, 6.45) is 1.76. The Morgan fingerprint density at radius 3 is 2.50 bits per heavy atom. The second-order valence-electron chi connectivity index (χ2n) is 5.99. The second-order valence-corrected chi connectivity index (χ2v) is 5.99. The molecule has 0 bridgehead atoms. The van der Waals surface area contributed by atoms with Gasteiger partial charge in [-0.25, -0.2) is 0 Å². The van der Waals surface area contributed by atoms with Gasteiger partial charge in [-0.15, -0.1) is 0 Å². The van der Waals surface area contributed by atoms with Gasteiger partial charge in [0.2, 0.25) is 0 Å². The lowest BCUT2D eigenvalue weighted by atomic mass is 9.90. The number of rotatable bonds is 5. The topological polar surface area (TPSA) is 55.9 Å². The zero-order valence-corrected chi connectivity index (χ0v) is 13.7. The fourth-order valence-corrected chi connectivity index (χ4v) is 2.20. The van der Waals surface area contributed by atoms with E-state index in [1.54, 1.807) is 32.9 Å². The number of carbonyl (C=O) groups excluding carboxylic acids is 2. The van der Waals surface area contributed by atoms with Crippen molar-refractivity contribution < 1.29 is 19.1 Å². The summed E-state index contributed by atoms with van der Waals surface area (Å²) in [5.74, 6) is -0.232. The molecule has 2 rings (SSSR count). The molecule has 0 aliphatic carbocycles. The van der Waals surface area contributed by atoms with E-state index in [0.717, 1.165) is 5.56 Å². The quantitative estimate of drug-likeness (QED) is 0.362. The molecule has 1 aromatic rings. The van der Waals surface area contributed by atoms with E-state index in [1.807, 2.05) is 26.0 Å². The maximum absolute atomic E-state index is 12.6. The Hall–Kier alpha value is -1.94. The van der Waals surface area contributed by atoms with Gasteiger partial charge in [0.1, 0.15) is 5.75 Å². The minimum Gasteiger partial charge on any atom is -0.426 e. The smallest absolute Gasteiger partial charge is 0.313 e. The summed E-state index contributed by atoms with van der Waals surface area (Å²) in [6, 6.07) is 5.48. The molecule has 1 aliphatic heterocycles. The van der Waals surface area contributed by atoms with Crippen LogP contribution in [0.3, 0.4) is 0 Å². The molecule has 4 nitrogen and oxygen atoms in total. The van der Waals surface area contributed by atoms with E-state index in [0.29, 0.717) is 23.5 Å². The van der Waals surface area contributed by atoms with E-state index in [9.17, 15) is 9.59 Å². The van der Waals surface area contributed by atoms with Crippen LogP contribution in [-0.4, -0.2) is 18.4 Å². The van der Waals surface area contributed by atoms with Crippen LogP contribution in [0.5, 0.6) is 5.75 Å². The van der Waals surface area contributed by atoms with E-state index in [2.05, 4.69) is 0 Å². The minimum atomic E-state index is -1.00. The number of Topliss-reactive ketones (excluding diaryl/α,β-unsaturated/α-hetero) is 1. The highest BCUT2D eigenvalue weighted by atomic mass is 16.6. The zero-order valence-electron chi connectivity index (χ0n) is 13.7. The first-order chi connectivity index (χ1) is 10.3. The molecule has 0 aromatic heterocycles. The monoisotopic (exact) mass is 302 g/mol. The Morgan fingerprint density at radius 2 is 2.00 bits per heavy atom. The average Bonchev–Trinajstić information content (AvgIpc) is 3.27. The van der Waals surface area contributed by atoms with Crippen LogP contribution in [0.15, 0.2) is 29.8 Å². The summed E-state index contributed by atoms with van der Waals surface area (Å²) >= 11 is 0. The van der Waals surface area contributed by atoms with Crippen molar-refractivity contribution in [3.63, 3.8) is 0 Å². The summed E-state index contributed by atoms with van der Waals surface area (Å²) in [6.45, 7) is 9.35. The molecule has 1 fully saturated rings. The Morgan fingerprint density at radius 1 is 1.36 bits per heavy atom. The van der Waals surface area contributed by atoms with Crippen LogP contribution in [0.4, 0.5) is 0 Å². The van der Waals surface area contributed by atoms with Crippen LogP contribution in [0.2, 0.25) is 0 Å². The van der Waals surface area contributed by atoms with E-state index in [4.69, 9.17) is 9.47 Å². The largest absolute Gasteiger partial charge is 0.426 e. The lowest BCUT2D eigenvalue weighted by molar-refractivity contribution is -0.138. The highest BCUT2D eigenvalue weighted by molar-refractivity contribution is 6.04. The van der Waals surface area contributed by atoms with Crippen molar-refractivity contribution in [3.8, 4) is 5.75 Å². The molecule has 0 amide bonds. The van der Waals surface area contributed by atoms with Gasteiger partial charge in [-0.05, 0) is 38.0 Å². The molecule has 0 radical (unpaired) electrons. The van der Waals surface area contributed by atoms with Gasteiger partial charge in [0.25, 0.3) is 0 Å². The molecule has 1 aromatic carbocycles. The van der Waals surface area contributed by atoms with Gasteiger partial charge in [0, 0.05) is 5.56 Å². The number of esters is 1. The van der Waals surface area contributed by atoms with Crippen molar-refractivity contribution in [2.75, 3.05) is 6.61 Å². The lowest BCUT2D eigenvalue weighted by Crippen LogP contribution is -2.25. The maximum Gasteiger partial charge on any atom is 0.313 e. The van der Waals surface area contributed by atoms with Crippen molar-refractivity contribution in [2.24, 2.45) is 5.92 Å². The van der Waals surface area contributed by atoms with Gasteiger partial charge in [-0.3, -0.25) is 9.59 Å². The van der Waals surface area contributed by atoms with Gasteiger partial charge >= 0.3 is 5.97 Å². The van der Waals surface area contributed by atoms with Crippen LogP contribution in [0.1, 0.15) is 38.8 Å². The summed E-state index contributed by atoms with van der Waals surface area (Å²) in [7, 11) is 0. The third-order valence-corrected chi connectivity index (χ3v) is 3.85. The molecule has 4 heteroatoms. The van der Waals surface area contributed by atoms with E-state index < -0.39 is 5.60 Å². The Bertz CT molecular complexity index is 636. The Kier molecular flexibility index (Phi) is 4.52. The van der Waals surface area contributed by atoms with Gasteiger partial charge in [-0.1, -0.05) is 32.1 Å². The third-order valence-electron chi connectivity index (χ3n) is 3.85. The molecular weight excluding hydrogens is 280 g/mol. The normalized spacial score (nSPS) is 20.9. The number of ether oxygens (including phenoxy) is 2. The van der Waals surface area contributed by atoms with Gasteiger partial charge in [0.05, 0.1) is 12.5 Å². The van der Waals surface area contributed by atoms with Crippen molar-refractivity contribution in [3.05, 3.63) is 41.0 Å². The van der Waals surface area contributed by atoms with Crippen molar-refractivity contribution in [2.45, 2.75) is 40.2 Å². The first-order valence-electron chi connectivity index (χ1n) is 7.46. The number of epoxide rings is 1. The average molecular weight is 302 g/mol. The first kappa shape index (κ1) is 16.4. The molecular formula is C18H22O4. The van der Waals surface area contributed by atoms with E-state index in [1.165, 1.54) is 0 Å². The maximum atomic E-state index is 12.6. The number of hydrogen-bond acceptors (Lipinski definition) is 4. The Labute approximate surface area is 131 Å². The molecule has 0 saturated carbocycles. The van der Waals surface area contributed by atoms with Crippen LogP contribution in [-0.2, 0) is 19.9 Å². The predicted molar refractivity (Wildman–Crippen MR) is 83.7 cm³/mol. The summed E-state index contributed by atoms with van der Waals surface area (Å²) in [5.41, 5.74) is 1.22. The number of aryl methyl sites for hydroxylation is 1. The molecule has 0 N–H and O–H groups in total. The summed E-state index contributed by atoms with van der Waals surface area (Å²) < 4.78 is 11.0. The van der Waals surface area contributed by atoms with Gasteiger partial charge < -0.3 is 9.47 Å².